The van der Waals surface area contributed by atoms with E-state index in [1.54, 1.807) is 11.5 Å². The lowest BCUT2D eigenvalue weighted by molar-refractivity contribution is 0.0176. The Morgan fingerprint density at radius 2 is 2.03 bits per heavy atom. The lowest BCUT2D eigenvalue weighted by atomic mass is 10.1. The number of aryl methyl sites for hydroxylation is 1. The monoisotopic (exact) mass is 418 g/mol. The van der Waals surface area contributed by atoms with Crippen LogP contribution in [-0.4, -0.2) is 23.0 Å². The number of hydrogen-bond donors (Lipinski definition) is 1. The van der Waals surface area contributed by atoms with Crippen molar-refractivity contribution in [2.75, 3.05) is 0 Å². The first-order chi connectivity index (χ1) is 13.6. The molecule has 3 rings (SSSR count). The number of halogens is 2. The smallest absolute Gasteiger partial charge is 0.270 e. The standard InChI is InChI=1S/C20H20F2N4O2S/c1-5-15-8-9-16(12-23-15)29(27,28)25-13(3)19-24-17-10-7-14(20(4,21)22)11-18(17)26(19)6-2/h1,7-13,25H,6H2,2-4H3/t13-/m1/s1. The van der Waals surface area contributed by atoms with E-state index in [-0.39, 0.29) is 10.5 Å². The summed E-state index contributed by atoms with van der Waals surface area (Å²) < 4.78 is 57.0. The Kier molecular flexibility index (Phi) is 5.43. The number of sulfonamides is 1. The molecule has 2 aromatic heterocycles. The van der Waals surface area contributed by atoms with Gasteiger partial charge in [-0.15, -0.1) is 6.42 Å². The maximum absolute atomic E-state index is 13.7. The molecule has 0 aliphatic carbocycles. The molecule has 0 radical (unpaired) electrons. The molecule has 0 aliphatic heterocycles. The van der Waals surface area contributed by atoms with Gasteiger partial charge in [0, 0.05) is 25.2 Å². The molecule has 1 atom stereocenters. The molecule has 6 nitrogen and oxygen atoms in total. The van der Waals surface area contributed by atoms with E-state index >= 15 is 0 Å². The number of fused-ring (bicyclic) bond motifs is 1. The number of rotatable bonds is 6. The minimum Gasteiger partial charge on any atom is -0.327 e. The van der Waals surface area contributed by atoms with Gasteiger partial charge in [-0.3, -0.25) is 0 Å². The Morgan fingerprint density at radius 1 is 1.31 bits per heavy atom. The van der Waals surface area contributed by atoms with Crippen LogP contribution in [0.1, 0.15) is 43.9 Å². The van der Waals surface area contributed by atoms with Gasteiger partial charge in [0.15, 0.2) is 0 Å². The summed E-state index contributed by atoms with van der Waals surface area (Å²) in [7, 11) is -3.88. The van der Waals surface area contributed by atoms with Crippen molar-refractivity contribution in [1.29, 1.82) is 0 Å². The Hall–Kier alpha value is -2.83. The van der Waals surface area contributed by atoms with Gasteiger partial charge in [0.25, 0.3) is 5.92 Å². The fourth-order valence-corrected chi connectivity index (χ4v) is 4.20. The molecular weight excluding hydrogens is 398 g/mol. The third kappa shape index (κ3) is 4.13. The van der Waals surface area contributed by atoms with Crippen LogP contribution < -0.4 is 4.72 Å². The minimum atomic E-state index is -3.88. The van der Waals surface area contributed by atoms with Gasteiger partial charge in [-0.05, 0) is 38.1 Å². The Labute approximate surface area is 168 Å². The van der Waals surface area contributed by atoms with Crippen LogP contribution in [0.4, 0.5) is 8.78 Å². The van der Waals surface area contributed by atoms with Gasteiger partial charge < -0.3 is 4.57 Å². The van der Waals surface area contributed by atoms with Crippen LogP contribution in [0.2, 0.25) is 0 Å². The third-order valence-corrected chi connectivity index (χ3v) is 6.04. The van der Waals surface area contributed by atoms with Gasteiger partial charge >= 0.3 is 0 Å². The van der Waals surface area contributed by atoms with Crippen LogP contribution in [0.15, 0.2) is 41.4 Å². The van der Waals surface area contributed by atoms with Gasteiger partial charge in [0.05, 0.1) is 17.1 Å². The fourth-order valence-electron chi connectivity index (χ4n) is 3.06. The molecule has 1 aromatic carbocycles. The molecule has 29 heavy (non-hydrogen) atoms. The molecule has 0 unspecified atom stereocenters. The normalized spacial score (nSPS) is 13.4. The lowest BCUT2D eigenvalue weighted by Gasteiger charge is -2.16. The predicted molar refractivity (Wildman–Crippen MR) is 106 cm³/mol. The molecule has 3 aromatic rings. The van der Waals surface area contributed by atoms with Gasteiger partial charge in [0.1, 0.15) is 16.4 Å². The molecule has 0 bridgehead atoms. The fraction of sp³-hybridized carbons (Fsp3) is 0.300. The summed E-state index contributed by atoms with van der Waals surface area (Å²) in [5.41, 5.74) is 1.24. The van der Waals surface area contributed by atoms with Crippen LogP contribution in [0.3, 0.4) is 0 Å². The highest BCUT2D eigenvalue weighted by atomic mass is 32.2. The number of alkyl halides is 2. The van der Waals surface area contributed by atoms with Crippen molar-refractivity contribution < 1.29 is 17.2 Å². The van der Waals surface area contributed by atoms with E-state index in [0.29, 0.717) is 29.1 Å². The lowest BCUT2D eigenvalue weighted by Crippen LogP contribution is -2.29. The van der Waals surface area contributed by atoms with E-state index in [1.807, 2.05) is 6.92 Å². The molecule has 9 heteroatoms. The number of nitrogens with zero attached hydrogens (tertiary/aromatic N) is 3. The third-order valence-electron chi connectivity index (χ3n) is 4.51. The first kappa shape index (κ1) is 20.9. The second-order valence-corrected chi connectivity index (χ2v) is 8.39. The summed E-state index contributed by atoms with van der Waals surface area (Å²) >= 11 is 0. The highest BCUT2D eigenvalue weighted by Gasteiger charge is 2.27. The largest absolute Gasteiger partial charge is 0.327 e. The number of imidazole rings is 1. The zero-order chi connectivity index (χ0) is 21.4. The average Bonchev–Trinajstić information content (AvgIpc) is 3.05. The number of aromatic nitrogens is 3. The summed E-state index contributed by atoms with van der Waals surface area (Å²) in [4.78, 5) is 8.33. The molecule has 0 fully saturated rings. The van der Waals surface area contributed by atoms with Gasteiger partial charge in [-0.2, -0.15) is 0 Å². The Morgan fingerprint density at radius 3 is 2.59 bits per heavy atom. The van der Waals surface area contributed by atoms with Crippen molar-refractivity contribution >= 4 is 21.1 Å². The Balaban J connectivity index is 1.97. The van der Waals surface area contributed by atoms with E-state index < -0.39 is 22.0 Å². The molecule has 0 aliphatic rings. The molecule has 0 saturated carbocycles. The Bertz CT molecular complexity index is 1190. The average molecular weight is 418 g/mol. The highest BCUT2D eigenvalue weighted by molar-refractivity contribution is 7.89. The van der Waals surface area contributed by atoms with Crippen molar-refractivity contribution in [2.45, 2.75) is 44.2 Å². The zero-order valence-electron chi connectivity index (χ0n) is 16.1. The van der Waals surface area contributed by atoms with Gasteiger partial charge in [-0.25, -0.2) is 31.9 Å². The maximum Gasteiger partial charge on any atom is 0.270 e. The highest BCUT2D eigenvalue weighted by Crippen LogP contribution is 2.31. The van der Waals surface area contributed by atoms with Crippen LogP contribution in [0, 0.1) is 12.3 Å². The molecule has 0 amide bonds. The van der Waals surface area contributed by atoms with Crippen molar-refractivity contribution in [2.24, 2.45) is 0 Å². The van der Waals surface area contributed by atoms with Crippen molar-refractivity contribution in [3.8, 4) is 12.3 Å². The number of terminal acetylenes is 1. The first-order valence-electron chi connectivity index (χ1n) is 8.90. The molecule has 0 saturated heterocycles. The molecule has 152 valence electrons. The minimum absolute atomic E-state index is 0.0320. The summed E-state index contributed by atoms with van der Waals surface area (Å²) in [6.07, 6.45) is 6.42. The summed E-state index contributed by atoms with van der Waals surface area (Å²) in [5.74, 6) is -0.233. The van der Waals surface area contributed by atoms with Crippen LogP contribution >= 0.6 is 0 Å². The van der Waals surface area contributed by atoms with Crippen LogP contribution in [-0.2, 0) is 22.5 Å². The van der Waals surface area contributed by atoms with Crippen molar-refractivity contribution in [1.82, 2.24) is 19.3 Å². The summed E-state index contributed by atoms with van der Waals surface area (Å²) in [6.45, 7) is 4.75. The van der Waals surface area contributed by atoms with Gasteiger partial charge in [-0.1, -0.05) is 12.0 Å². The predicted octanol–water partition coefficient (Wildman–Crippen LogP) is 3.58. The van der Waals surface area contributed by atoms with Crippen LogP contribution in [0.25, 0.3) is 11.0 Å². The number of nitrogens with one attached hydrogen (secondary N) is 1. The van der Waals surface area contributed by atoms with E-state index in [9.17, 15) is 17.2 Å². The number of pyridine rings is 1. The SMILES string of the molecule is C#Cc1ccc(S(=O)(=O)N[C@H](C)c2nc3ccc(C(C)(F)F)cc3n2CC)cn1. The quantitative estimate of drug-likeness (QED) is 0.621. The molecule has 1 N–H and O–H groups in total. The van der Waals surface area contributed by atoms with Crippen LogP contribution in [0.5, 0.6) is 0 Å². The van der Waals surface area contributed by atoms with Crippen molar-refractivity contribution in [3.05, 3.63) is 53.6 Å². The van der Waals surface area contributed by atoms with Gasteiger partial charge in [0.2, 0.25) is 10.0 Å². The van der Waals surface area contributed by atoms with E-state index in [2.05, 4.69) is 20.6 Å². The number of hydrogen-bond acceptors (Lipinski definition) is 4. The number of benzene rings is 1. The summed E-state index contributed by atoms with van der Waals surface area (Å²) in [5, 5.41) is 0. The molecule has 0 spiro atoms. The zero-order valence-corrected chi connectivity index (χ0v) is 17.0. The molecule has 2 heterocycles. The second kappa shape index (κ2) is 7.54. The van der Waals surface area contributed by atoms with E-state index in [1.165, 1.54) is 36.5 Å². The van der Waals surface area contributed by atoms with E-state index in [4.69, 9.17) is 6.42 Å². The topological polar surface area (TPSA) is 76.9 Å². The first-order valence-corrected chi connectivity index (χ1v) is 10.4. The second-order valence-electron chi connectivity index (χ2n) is 6.67. The van der Waals surface area contributed by atoms with E-state index in [0.717, 1.165) is 6.92 Å². The maximum atomic E-state index is 13.7. The van der Waals surface area contributed by atoms with Crippen molar-refractivity contribution in [3.63, 3.8) is 0 Å². The summed E-state index contributed by atoms with van der Waals surface area (Å²) in [6, 6.07) is 6.33. The molecular formula is C20H20F2N4O2S.